The van der Waals surface area contributed by atoms with Crippen LogP contribution in [-0.4, -0.2) is 29.9 Å². The lowest BCUT2D eigenvalue weighted by atomic mass is 10.2. The highest BCUT2D eigenvalue weighted by Crippen LogP contribution is 1.99. The summed E-state index contributed by atoms with van der Waals surface area (Å²) in [6.07, 6.45) is 1.84. The van der Waals surface area contributed by atoms with Crippen LogP contribution >= 0.6 is 0 Å². The smallest absolute Gasteiger partial charge is 0.269 e. The van der Waals surface area contributed by atoms with Gasteiger partial charge in [0.1, 0.15) is 5.69 Å². The van der Waals surface area contributed by atoms with Crippen molar-refractivity contribution in [3.8, 4) is 0 Å². The van der Waals surface area contributed by atoms with Crippen LogP contribution in [0, 0.1) is 5.92 Å². The van der Waals surface area contributed by atoms with Crippen LogP contribution in [0.15, 0.2) is 18.3 Å². The molecule has 0 radical (unpaired) electrons. The number of carbonyl (C=O) groups is 2. The Kier molecular flexibility index (Phi) is 6.66. The molecule has 0 fully saturated rings. The van der Waals surface area contributed by atoms with Crippen LogP contribution in [0.5, 0.6) is 0 Å². The summed E-state index contributed by atoms with van der Waals surface area (Å²) in [7, 11) is 0. The molecule has 1 aromatic rings. The maximum absolute atomic E-state index is 11.8. The summed E-state index contributed by atoms with van der Waals surface area (Å²) in [5.41, 5.74) is 6.65. The molecule has 0 aliphatic heterocycles. The van der Waals surface area contributed by atoms with Gasteiger partial charge in [-0.3, -0.25) is 14.6 Å². The Morgan fingerprint density at radius 3 is 2.60 bits per heavy atom. The van der Waals surface area contributed by atoms with E-state index < -0.39 is 0 Å². The number of nitrogens with one attached hydrogen (secondary N) is 2. The molecule has 0 bridgehead atoms. The molecule has 6 nitrogen and oxygen atoms in total. The Morgan fingerprint density at radius 2 is 2.05 bits per heavy atom. The first-order valence-corrected chi connectivity index (χ1v) is 6.72. The molecule has 0 aromatic carbocycles. The lowest BCUT2D eigenvalue weighted by Crippen LogP contribution is -2.32. The number of rotatable bonds is 7. The van der Waals surface area contributed by atoms with Crippen molar-refractivity contribution in [2.45, 2.75) is 26.8 Å². The fraction of sp³-hybridized carbons (Fsp3) is 0.500. The molecule has 1 heterocycles. The fourth-order valence-electron chi connectivity index (χ4n) is 1.47. The molecule has 0 spiro atoms. The minimum atomic E-state index is -0.287. The largest absolute Gasteiger partial charge is 0.356 e. The zero-order valence-electron chi connectivity index (χ0n) is 12.0. The third-order valence-corrected chi connectivity index (χ3v) is 2.64. The molecule has 1 aromatic heterocycles. The van der Waals surface area contributed by atoms with E-state index in [1.165, 1.54) is 0 Å². The summed E-state index contributed by atoms with van der Waals surface area (Å²) in [4.78, 5) is 27.2. The molecule has 110 valence electrons. The lowest BCUT2D eigenvalue weighted by Gasteiger charge is -2.08. The van der Waals surface area contributed by atoms with Gasteiger partial charge in [-0.15, -0.1) is 0 Å². The van der Waals surface area contributed by atoms with Crippen LogP contribution in [0.4, 0.5) is 0 Å². The van der Waals surface area contributed by atoms with Crippen molar-refractivity contribution in [3.63, 3.8) is 0 Å². The Labute approximate surface area is 119 Å². The monoisotopic (exact) mass is 278 g/mol. The van der Waals surface area contributed by atoms with Crippen molar-refractivity contribution in [3.05, 3.63) is 29.6 Å². The normalized spacial score (nSPS) is 10.4. The number of amides is 2. The number of nitrogens with two attached hydrogens (primary N) is 1. The molecule has 4 N–H and O–H groups in total. The van der Waals surface area contributed by atoms with Crippen LogP contribution < -0.4 is 16.4 Å². The number of hydrogen-bond acceptors (Lipinski definition) is 4. The van der Waals surface area contributed by atoms with Crippen molar-refractivity contribution < 1.29 is 9.59 Å². The highest BCUT2D eigenvalue weighted by Gasteiger charge is 2.08. The first-order valence-electron chi connectivity index (χ1n) is 6.72. The van der Waals surface area contributed by atoms with E-state index in [0.29, 0.717) is 31.2 Å². The molecular formula is C14H22N4O2. The van der Waals surface area contributed by atoms with Gasteiger partial charge in [-0.25, -0.2) is 0 Å². The maximum Gasteiger partial charge on any atom is 0.269 e. The van der Waals surface area contributed by atoms with Crippen molar-refractivity contribution in [1.82, 2.24) is 15.6 Å². The summed E-state index contributed by atoms with van der Waals surface area (Å²) >= 11 is 0. The molecule has 2 amide bonds. The summed E-state index contributed by atoms with van der Waals surface area (Å²) in [6, 6.07) is 3.38. The standard InChI is InChI=1S/C14H22N4O2/c1-10(2)8-18-13(19)5-6-16-14(20)12-4-3-11(7-15)9-17-12/h3-4,9-10H,5-8,15H2,1-2H3,(H,16,20)(H,18,19). The van der Waals surface area contributed by atoms with Gasteiger partial charge in [0.2, 0.25) is 5.91 Å². The molecular weight excluding hydrogens is 256 g/mol. The van der Waals surface area contributed by atoms with Gasteiger partial charge < -0.3 is 16.4 Å². The number of pyridine rings is 1. The van der Waals surface area contributed by atoms with Gasteiger partial charge in [-0.2, -0.15) is 0 Å². The Hall–Kier alpha value is -1.95. The van der Waals surface area contributed by atoms with E-state index in [0.717, 1.165) is 5.56 Å². The van der Waals surface area contributed by atoms with Crippen molar-refractivity contribution >= 4 is 11.8 Å². The van der Waals surface area contributed by atoms with Gasteiger partial charge >= 0.3 is 0 Å². The van der Waals surface area contributed by atoms with E-state index in [2.05, 4.69) is 15.6 Å². The number of aromatic nitrogens is 1. The lowest BCUT2D eigenvalue weighted by molar-refractivity contribution is -0.121. The molecule has 0 aliphatic carbocycles. The quantitative estimate of drug-likeness (QED) is 0.674. The SMILES string of the molecule is CC(C)CNC(=O)CCNC(=O)c1ccc(CN)cn1. The molecule has 0 aliphatic rings. The Morgan fingerprint density at radius 1 is 1.30 bits per heavy atom. The first-order chi connectivity index (χ1) is 9.52. The maximum atomic E-state index is 11.8. The third-order valence-electron chi connectivity index (χ3n) is 2.64. The van der Waals surface area contributed by atoms with Crippen LogP contribution in [0.2, 0.25) is 0 Å². The number of nitrogens with zero attached hydrogens (tertiary/aromatic N) is 1. The molecule has 6 heteroatoms. The predicted octanol–water partition coefficient (Wildman–Crippen LogP) is 0.432. The Bertz CT molecular complexity index is 443. The van der Waals surface area contributed by atoms with E-state index in [1.807, 2.05) is 13.8 Å². The number of carbonyl (C=O) groups excluding carboxylic acids is 2. The highest BCUT2D eigenvalue weighted by molar-refractivity contribution is 5.92. The average molecular weight is 278 g/mol. The van der Waals surface area contributed by atoms with Crippen LogP contribution in [0.25, 0.3) is 0 Å². The summed E-state index contributed by atoms with van der Waals surface area (Å²) in [5, 5.41) is 5.45. The van der Waals surface area contributed by atoms with Gasteiger partial charge in [0.15, 0.2) is 0 Å². The topological polar surface area (TPSA) is 97.1 Å². The second-order valence-electron chi connectivity index (χ2n) is 4.96. The third kappa shape index (κ3) is 5.79. The van der Waals surface area contributed by atoms with E-state index in [9.17, 15) is 9.59 Å². The van der Waals surface area contributed by atoms with Crippen LogP contribution in [0.3, 0.4) is 0 Å². The van der Waals surface area contributed by atoms with Gasteiger partial charge in [0.05, 0.1) is 0 Å². The van der Waals surface area contributed by atoms with E-state index >= 15 is 0 Å². The summed E-state index contributed by atoms with van der Waals surface area (Å²) in [5.74, 6) is 0.0643. The summed E-state index contributed by atoms with van der Waals surface area (Å²) < 4.78 is 0. The van der Waals surface area contributed by atoms with Gasteiger partial charge in [0, 0.05) is 32.3 Å². The van der Waals surface area contributed by atoms with Gasteiger partial charge in [-0.05, 0) is 17.5 Å². The zero-order chi connectivity index (χ0) is 15.0. The van der Waals surface area contributed by atoms with E-state index in [4.69, 9.17) is 5.73 Å². The van der Waals surface area contributed by atoms with Gasteiger partial charge in [0.25, 0.3) is 5.91 Å². The predicted molar refractivity (Wildman–Crippen MR) is 76.9 cm³/mol. The van der Waals surface area contributed by atoms with E-state index in [1.54, 1.807) is 18.3 Å². The van der Waals surface area contributed by atoms with E-state index in [-0.39, 0.29) is 18.2 Å². The molecule has 1 rings (SSSR count). The number of hydrogen-bond donors (Lipinski definition) is 3. The fourth-order valence-corrected chi connectivity index (χ4v) is 1.47. The molecule has 0 atom stereocenters. The van der Waals surface area contributed by atoms with Crippen molar-refractivity contribution in [2.75, 3.05) is 13.1 Å². The second-order valence-corrected chi connectivity index (χ2v) is 4.96. The molecule has 0 unspecified atom stereocenters. The van der Waals surface area contributed by atoms with Crippen LogP contribution in [0.1, 0.15) is 36.3 Å². The molecule has 0 saturated carbocycles. The van der Waals surface area contributed by atoms with Crippen molar-refractivity contribution in [2.24, 2.45) is 11.7 Å². The molecule has 0 saturated heterocycles. The first kappa shape index (κ1) is 16.1. The minimum absolute atomic E-state index is 0.0644. The minimum Gasteiger partial charge on any atom is -0.356 e. The summed E-state index contributed by atoms with van der Waals surface area (Å²) in [6.45, 7) is 5.39. The second kappa shape index (κ2) is 8.27. The van der Waals surface area contributed by atoms with Gasteiger partial charge in [-0.1, -0.05) is 19.9 Å². The Balaban J connectivity index is 2.30. The zero-order valence-corrected chi connectivity index (χ0v) is 12.0. The van der Waals surface area contributed by atoms with Crippen LogP contribution in [-0.2, 0) is 11.3 Å². The highest BCUT2D eigenvalue weighted by atomic mass is 16.2. The van der Waals surface area contributed by atoms with Crippen molar-refractivity contribution in [1.29, 1.82) is 0 Å². The molecule has 20 heavy (non-hydrogen) atoms. The average Bonchev–Trinajstić information content (AvgIpc) is 2.45.